The summed E-state index contributed by atoms with van der Waals surface area (Å²) < 4.78 is 74.9. The predicted octanol–water partition coefficient (Wildman–Crippen LogP) is 1.58. The Morgan fingerprint density at radius 1 is 0.394 bits per heavy atom. The summed E-state index contributed by atoms with van der Waals surface area (Å²) in [7, 11) is -3.83. The molecule has 0 aliphatic rings. The van der Waals surface area contributed by atoms with Crippen LogP contribution in [0.1, 0.15) is 40.0 Å². The van der Waals surface area contributed by atoms with E-state index in [1.165, 1.54) is 64.0 Å². The summed E-state index contributed by atoms with van der Waals surface area (Å²) in [6.45, 7) is 5.92. The molecule has 0 fully saturated rings. The minimum atomic E-state index is -4.53. The lowest BCUT2D eigenvalue weighted by atomic mass is 9.95. The molecule has 0 aliphatic heterocycles. The molecule has 0 rings (SSSR count). The lowest BCUT2D eigenvalue weighted by molar-refractivity contribution is -0.105. The molecule has 17 heteroatoms. The van der Waals surface area contributed by atoms with Gasteiger partial charge < -0.3 is 56.6 Å². The van der Waals surface area contributed by atoms with Crippen molar-refractivity contribution < 1.29 is 56.6 Å². The number of hydrogen-bond donors (Lipinski definition) is 0. The van der Waals surface area contributed by atoms with Crippen LogP contribution in [0.15, 0.2) is 0 Å². The lowest BCUT2D eigenvalue weighted by Gasteiger charge is -2.44. The van der Waals surface area contributed by atoms with Crippen LogP contribution >= 0.6 is 0 Å². The van der Waals surface area contributed by atoms with E-state index in [2.05, 4.69) is 0 Å². The zero-order valence-electron chi connectivity index (χ0n) is 21.9. The van der Waals surface area contributed by atoms with Crippen molar-refractivity contribution >= 4 is 36.2 Å². The van der Waals surface area contributed by atoms with Crippen LogP contribution in [0.4, 0.5) is 0 Å². The third-order valence-corrected chi connectivity index (χ3v) is 16.5. The van der Waals surface area contributed by atoms with Gasteiger partial charge in [-0.2, -0.15) is 0 Å². The molecule has 0 aromatic carbocycles. The molecule has 0 aliphatic carbocycles. The molecule has 0 heterocycles. The fraction of sp³-hybridized carbons (Fsp3) is 1.00. The quantitative estimate of drug-likeness (QED) is 0.203. The Labute approximate surface area is 202 Å². The summed E-state index contributed by atoms with van der Waals surface area (Å²) in [5.41, 5.74) is -0.744. The SMILES string of the molecule is CCC(CC)(CC)O[Si](O[Si](OC)(OC)OC)(O[Si](OC)(OC)OC)O[Si](OC)(OC)OC. The normalized spacial score (nSPS) is 14.2. The van der Waals surface area contributed by atoms with Crippen molar-refractivity contribution in [2.45, 2.75) is 45.6 Å². The highest BCUT2D eigenvalue weighted by Crippen LogP contribution is 2.36. The molecular weight excluding hydrogens is 513 g/mol. The van der Waals surface area contributed by atoms with Crippen LogP contribution in [0.5, 0.6) is 0 Å². The van der Waals surface area contributed by atoms with E-state index in [1.807, 2.05) is 20.8 Å². The van der Waals surface area contributed by atoms with Crippen molar-refractivity contribution in [1.29, 1.82) is 0 Å². The van der Waals surface area contributed by atoms with Crippen LogP contribution in [0.3, 0.4) is 0 Å². The van der Waals surface area contributed by atoms with Crippen LogP contribution in [0.25, 0.3) is 0 Å². The van der Waals surface area contributed by atoms with E-state index in [4.69, 9.17) is 56.6 Å². The molecule has 0 atom stereocenters. The average molecular weight is 555 g/mol. The van der Waals surface area contributed by atoms with Gasteiger partial charge in [-0.1, -0.05) is 20.8 Å². The van der Waals surface area contributed by atoms with E-state index >= 15 is 0 Å². The van der Waals surface area contributed by atoms with E-state index in [9.17, 15) is 0 Å². The van der Waals surface area contributed by atoms with E-state index in [0.29, 0.717) is 19.3 Å². The first-order chi connectivity index (χ1) is 15.6. The van der Waals surface area contributed by atoms with Gasteiger partial charge in [-0.25, -0.2) is 0 Å². The van der Waals surface area contributed by atoms with Gasteiger partial charge in [-0.3, -0.25) is 0 Å². The van der Waals surface area contributed by atoms with Crippen molar-refractivity contribution in [3.63, 3.8) is 0 Å². The largest absolute Gasteiger partial charge is 0.673 e. The van der Waals surface area contributed by atoms with E-state index in [1.54, 1.807) is 0 Å². The van der Waals surface area contributed by atoms with Gasteiger partial charge in [-0.15, -0.1) is 0 Å². The van der Waals surface area contributed by atoms with Crippen molar-refractivity contribution in [2.24, 2.45) is 0 Å². The molecule has 0 aromatic rings. The second kappa shape index (κ2) is 14.8. The van der Waals surface area contributed by atoms with Gasteiger partial charge in [0.2, 0.25) is 0 Å². The van der Waals surface area contributed by atoms with Crippen LogP contribution in [0.2, 0.25) is 0 Å². The molecule has 13 nitrogen and oxygen atoms in total. The standard InChI is InChI=1S/C16H42O13Si4/c1-13-16(14-2,15-3)26-33(27-30(17-4,18-5)19-6,28-31(20-7,21-8)22-9)29-32(23-10,24-11)25-12/h13-15H2,1-12H3. The number of rotatable bonds is 20. The van der Waals surface area contributed by atoms with Gasteiger partial charge in [0.25, 0.3) is 0 Å². The van der Waals surface area contributed by atoms with E-state index in [-0.39, 0.29) is 0 Å². The van der Waals surface area contributed by atoms with Crippen LogP contribution in [-0.4, -0.2) is 106 Å². The smallest absolute Gasteiger partial charge is 0.355 e. The third-order valence-electron chi connectivity index (χ3n) is 5.27. The van der Waals surface area contributed by atoms with Crippen LogP contribution in [0, 0.1) is 0 Å². The Morgan fingerprint density at radius 2 is 0.606 bits per heavy atom. The van der Waals surface area contributed by atoms with Gasteiger partial charge >= 0.3 is 36.2 Å². The molecular formula is C16H42O13Si4. The summed E-state index contributed by atoms with van der Waals surface area (Å²) in [4.78, 5) is 0. The highest BCUT2D eigenvalue weighted by atomic mass is 28.5. The fourth-order valence-corrected chi connectivity index (χ4v) is 14.2. The maximum absolute atomic E-state index is 6.61. The molecule has 0 aromatic heterocycles. The Morgan fingerprint density at radius 3 is 0.758 bits per heavy atom. The van der Waals surface area contributed by atoms with Gasteiger partial charge in [0, 0.05) is 64.0 Å². The fourth-order valence-electron chi connectivity index (χ4n) is 2.94. The molecule has 0 bridgehead atoms. The van der Waals surface area contributed by atoms with E-state index in [0.717, 1.165) is 0 Å². The monoisotopic (exact) mass is 554 g/mol. The van der Waals surface area contributed by atoms with Gasteiger partial charge in [-0.05, 0) is 19.3 Å². The molecule has 200 valence electrons. The van der Waals surface area contributed by atoms with Crippen molar-refractivity contribution in [3.8, 4) is 0 Å². The second-order valence-corrected chi connectivity index (χ2v) is 16.8. The van der Waals surface area contributed by atoms with Crippen LogP contribution < -0.4 is 0 Å². The zero-order chi connectivity index (χ0) is 25.8. The summed E-state index contributed by atoms with van der Waals surface area (Å²) in [6, 6.07) is 0. The highest BCUT2D eigenvalue weighted by Gasteiger charge is 2.70. The summed E-state index contributed by atoms with van der Waals surface area (Å²) >= 11 is 0. The first kappa shape index (κ1) is 33.3. The summed E-state index contributed by atoms with van der Waals surface area (Å²) in [6.07, 6.45) is 1.78. The average Bonchev–Trinajstić information content (AvgIpc) is 2.88. The first-order valence-corrected chi connectivity index (χ1v) is 16.9. The number of hydrogen-bond acceptors (Lipinski definition) is 13. The molecule has 0 N–H and O–H groups in total. The molecule has 0 amide bonds. The van der Waals surface area contributed by atoms with Crippen molar-refractivity contribution in [1.82, 2.24) is 0 Å². The zero-order valence-corrected chi connectivity index (χ0v) is 25.9. The summed E-state index contributed by atoms with van der Waals surface area (Å²) in [5, 5.41) is 0. The van der Waals surface area contributed by atoms with Crippen molar-refractivity contribution in [2.75, 3.05) is 64.0 Å². The van der Waals surface area contributed by atoms with Gasteiger partial charge in [0.05, 0.1) is 5.60 Å². The summed E-state index contributed by atoms with van der Waals surface area (Å²) in [5.74, 6) is 0. The Bertz CT molecular complexity index is 402. The van der Waals surface area contributed by atoms with E-state index < -0.39 is 41.8 Å². The Hall–Kier alpha value is 0.348. The molecule has 0 radical (unpaired) electrons. The lowest BCUT2D eigenvalue weighted by Crippen LogP contribution is -2.72. The Balaban J connectivity index is 7.10. The molecule has 33 heavy (non-hydrogen) atoms. The molecule has 0 spiro atoms. The molecule has 0 unspecified atom stereocenters. The minimum absolute atomic E-state index is 0.593. The maximum Gasteiger partial charge on any atom is 0.673 e. The predicted molar refractivity (Wildman–Crippen MR) is 124 cm³/mol. The van der Waals surface area contributed by atoms with Crippen LogP contribution in [-0.2, 0) is 56.6 Å². The topological polar surface area (TPSA) is 120 Å². The first-order valence-electron chi connectivity index (χ1n) is 10.3. The van der Waals surface area contributed by atoms with Crippen molar-refractivity contribution in [3.05, 3.63) is 0 Å². The molecule has 0 saturated carbocycles. The second-order valence-electron chi connectivity index (χ2n) is 6.49. The maximum atomic E-state index is 6.61. The minimum Gasteiger partial charge on any atom is -0.355 e. The van der Waals surface area contributed by atoms with Gasteiger partial charge in [0.15, 0.2) is 0 Å². The highest BCUT2D eigenvalue weighted by molar-refractivity contribution is 6.79. The third kappa shape index (κ3) is 8.18. The van der Waals surface area contributed by atoms with Gasteiger partial charge in [0.1, 0.15) is 0 Å². The molecule has 0 saturated heterocycles. The Kier molecular flexibility index (Phi) is 15.0.